The van der Waals surface area contributed by atoms with Crippen LogP contribution in [0.4, 0.5) is 4.79 Å². The summed E-state index contributed by atoms with van der Waals surface area (Å²) in [5, 5.41) is 0.416. The van der Waals surface area contributed by atoms with Crippen molar-refractivity contribution >= 4 is 29.3 Å². The van der Waals surface area contributed by atoms with Crippen molar-refractivity contribution in [2.75, 3.05) is 13.2 Å². The first-order valence-electron chi connectivity index (χ1n) is 9.42. The molecule has 0 unspecified atom stereocenters. The first kappa shape index (κ1) is 18.4. The maximum atomic E-state index is 12.8. The molecule has 1 amide bonds. The Kier molecular flexibility index (Phi) is 4.64. The number of halogens is 2. The van der Waals surface area contributed by atoms with Gasteiger partial charge in [0.1, 0.15) is 11.8 Å². The number of rotatable bonds is 2. The lowest BCUT2D eigenvalue weighted by Crippen LogP contribution is -2.37. The fourth-order valence-electron chi connectivity index (χ4n) is 4.19. The van der Waals surface area contributed by atoms with Crippen molar-refractivity contribution in [3.8, 4) is 11.1 Å². The fraction of sp³-hybridized carbons (Fsp3) is 0.227. The molecule has 0 radical (unpaired) electrons. The molecule has 2 aromatic carbocycles. The summed E-state index contributed by atoms with van der Waals surface area (Å²) >= 11 is 12.1. The standard InChI is InChI=1S/C22H17Cl2N3O2/c23-20-17-11-27(10-9-19(17)25-21(24)26-20)22(28)29-12-18-15-7-3-1-5-13(15)14-6-2-4-8-16(14)18/h1-8,18H,9-12H2. The molecule has 7 heteroatoms. The molecule has 1 aromatic heterocycles. The third-order valence-corrected chi connectivity index (χ3v) is 6.06. The minimum absolute atomic E-state index is 0.0363. The Morgan fingerprint density at radius 2 is 1.69 bits per heavy atom. The highest BCUT2D eigenvalue weighted by atomic mass is 35.5. The monoisotopic (exact) mass is 425 g/mol. The maximum absolute atomic E-state index is 12.8. The van der Waals surface area contributed by atoms with E-state index in [-0.39, 0.29) is 22.4 Å². The zero-order chi connectivity index (χ0) is 20.0. The Morgan fingerprint density at radius 1 is 1.03 bits per heavy atom. The molecule has 0 N–H and O–H groups in total. The Bertz CT molecular complexity index is 1070. The average molecular weight is 426 g/mol. The molecule has 0 spiro atoms. The lowest BCUT2D eigenvalue weighted by atomic mass is 9.98. The molecule has 0 bridgehead atoms. The summed E-state index contributed by atoms with van der Waals surface area (Å²) in [6.45, 7) is 1.12. The zero-order valence-electron chi connectivity index (χ0n) is 15.4. The Balaban J connectivity index is 1.33. The van der Waals surface area contributed by atoms with E-state index in [1.807, 2.05) is 24.3 Å². The number of hydrogen-bond acceptors (Lipinski definition) is 4. The third-order valence-electron chi connectivity index (χ3n) is 5.58. The number of amides is 1. The summed E-state index contributed by atoms with van der Waals surface area (Å²) < 4.78 is 5.73. The summed E-state index contributed by atoms with van der Waals surface area (Å²) in [4.78, 5) is 22.6. The van der Waals surface area contributed by atoms with E-state index in [9.17, 15) is 4.79 Å². The quantitative estimate of drug-likeness (QED) is 0.423. The number of benzene rings is 2. The minimum atomic E-state index is -0.358. The molecule has 5 rings (SSSR count). The predicted octanol–water partition coefficient (Wildman–Crippen LogP) is 5.09. The normalized spacial score (nSPS) is 14.9. The van der Waals surface area contributed by atoms with Gasteiger partial charge in [-0.1, -0.05) is 60.1 Å². The largest absolute Gasteiger partial charge is 0.448 e. The molecule has 0 saturated heterocycles. The van der Waals surface area contributed by atoms with Gasteiger partial charge in [-0.2, -0.15) is 0 Å². The van der Waals surface area contributed by atoms with Crippen molar-refractivity contribution in [2.24, 2.45) is 0 Å². The molecule has 1 aliphatic heterocycles. The van der Waals surface area contributed by atoms with Gasteiger partial charge in [-0.25, -0.2) is 14.8 Å². The van der Waals surface area contributed by atoms with Gasteiger partial charge >= 0.3 is 6.09 Å². The van der Waals surface area contributed by atoms with Gasteiger partial charge in [0, 0.05) is 24.4 Å². The van der Waals surface area contributed by atoms with Gasteiger partial charge in [-0.3, -0.25) is 0 Å². The minimum Gasteiger partial charge on any atom is -0.448 e. The summed E-state index contributed by atoms with van der Waals surface area (Å²) in [7, 11) is 0. The lowest BCUT2D eigenvalue weighted by Gasteiger charge is -2.28. The topological polar surface area (TPSA) is 55.3 Å². The van der Waals surface area contributed by atoms with Crippen LogP contribution in [0.1, 0.15) is 28.3 Å². The molecular formula is C22H17Cl2N3O2. The van der Waals surface area contributed by atoms with Crippen molar-refractivity contribution in [1.82, 2.24) is 14.9 Å². The average Bonchev–Trinajstić information content (AvgIpc) is 3.05. The van der Waals surface area contributed by atoms with Crippen LogP contribution >= 0.6 is 23.2 Å². The molecule has 3 aromatic rings. The lowest BCUT2D eigenvalue weighted by molar-refractivity contribution is 0.0950. The molecular weight excluding hydrogens is 409 g/mol. The van der Waals surface area contributed by atoms with Crippen LogP contribution in [-0.4, -0.2) is 34.1 Å². The summed E-state index contributed by atoms with van der Waals surface area (Å²) in [5.74, 6) is 0.0363. The second-order valence-corrected chi connectivity index (χ2v) is 7.88. The summed E-state index contributed by atoms with van der Waals surface area (Å²) in [6.07, 6.45) is 0.213. The van der Waals surface area contributed by atoms with Gasteiger partial charge in [0.2, 0.25) is 5.28 Å². The van der Waals surface area contributed by atoms with Crippen LogP contribution in [0.25, 0.3) is 11.1 Å². The number of carbonyl (C=O) groups excluding carboxylic acids is 1. The number of carbonyl (C=O) groups is 1. The van der Waals surface area contributed by atoms with Crippen LogP contribution in [0.3, 0.4) is 0 Å². The van der Waals surface area contributed by atoms with E-state index in [0.717, 1.165) is 11.3 Å². The highest BCUT2D eigenvalue weighted by Crippen LogP contribution is 2.44. The predicted molar refractivity (Wildman–Crippen MR) is 111 cm³/mol. The van der Waals surface area contributed by atoms with Gasteiger partial charge in [0.15, 0.2) is 0 Å². The number of nitrogens with zero attached hydrogens (tertiary/aromatic N) is 3. The van der Waals surface area contributed by atoms with Crippen LogP contribution in [0.2, 0.25) is 10.4 Å². The maximum Gasteiger partial charge on any atom is 0.410 e. The SMILES string of the molecule is O=C(OCC1c2ccccc2-c2ccccc21)N1CCc2nc(Cl)nc(Cl)c2C1. The van der Waals surface area contributed by atoms with E-state index in [1.165, 1.54) is 22.3 Å². The smallest absolute Gasteiger partial charge is 0.410 e. The fourth-order valence-corrected chi connectivity index (χ4v) is 4.67. The highest BCUT2D eigenvalue weighted by Gasteiger charge is 2.31. The molecule has 1 aliphatic carbocycles. The molecule has 0 saturated carbocycles. The van der Waals surface area contributed by atoms with Gasteiger partial charge in [-0.05, 0) is 33.9 Å². The van der Waals surface area contributed by atoms with Crippen molar-refractivity contribution in [1.29, 1.82) is 0 Å². The van der Waals surface area contributed by atoms with Crippen LogP contribution in [-0.2, 0) is 17.7 Å². The number of hydrogen-bond donors (Lipinski definition) is 0. The molecule has 29 heavy (non-hydrogen) atoms. The van der Waals surface area contributed by atoms with E-state index in [2.05, 4.69) is 34.2 Å². The Morgan fingerprint density at radius 3 is 2.38 bits per heavy atom. The zero-order valence-corrected chi connectivity index (χ0v) is 17.0. The van der Waals surface area contributed by atoms with Crippen LogP contribution in [0.5, 0.6) is 0 Å². The van der Waals surface area contributed by atoms with Crippen molar-refractivity contribution < 1.29 is 9.53 Å². The van der Waals surface area contributed by atoms with E-state index >= 15 is 0 Å². The molecule has 0 fully saturated rings. The first-order valence-corrected chi connectivity index (χ1v) is 10.2. The van der Waals surface area contributed by atoms with Gasteiger partial charge in [0.25, 0.3) is 0 Å². The second kappa shape index (κ2) is 7.32. The summed E-state index contributed by atoms with van der Waals surface area (Å²) in [5.41, 5.74) is 6.32. The van der Waals surface area contributed by atoms with Crippen LogP contribution in [0.15, 0.2) is 48.5 Å². The molecule has 2 heterocycles. The van der Waals surface area contributed by atoms with E-state index in [1.54, 1.807) is 4.90 Å². The van der Waals surface area contributed by atoms with Crippen molar-refractivity contribution in [3.63, 3.8) is 0 Å². The van der Waals surface area contributed by atoms with Gasteiger partial charge in [0.05, 0.1) is 12.2 Å². The van der Waals surface area contributed by atoms with Crippen molar-refractivity contribution in [3.05, 3.63) is 81.4 Å². The highest BCUT2D eigenvalue weighted by molar-refractivity contribution is 6.32. The molecule has 0 atom stereocenters. The third kappa shape index (κ3) is 3.24. The van der Waals surface area contributed by atoms with Crippen LogP contribution in [0, 0.1) is 0 Å². The molecule has 146 valence electrons. The Hall–Kier alpha value is -2.63. The first-order chi connectivity index (χ1) is 14.1. The van der Waals surface area contributed by atoms with E-state index in [4.69, 9.17) is 27.9 Å². The Labute approximate surface area is 178 Å². The van der Waals surface area contributed by atoms with Gasteiger partial charge < -0.3 is 9.64 Å². The number of ether oxygens (including phenoxy) is 1. The van der Waals surface area contributed by atoms with E-state index in [0.29, 0.717) is 26.1 Å². The van der Waals surface area contributed by atoms with Gasteiger partial charge in [-0.15, -0.1) is 0 Å². The number of fused-ring (bicyclic) bond motifs is 4. The van der Waals surface area contributed by atoms with Crippen molar-refractivity contribution in [2.45, 2.75) is 18.9 Å². The molecule has 2 aliphatic rings. The molecule has 5 nitrogen and oxygen atoms in total. The van der Waals surface area contributed by atoms with Crippen LogP contribution < -0.4 is 0 Å². The van der Waals surface area contributed by atoms with E-state index < -0.39 is 0 Å². The second-order valence-electron chi connectivity index (χ2n) is 7.18. The summed E-state index contributed by atoms with van der Waals surface area (Å²) in [6, 6.07) is 16.6. The number of aromatic nitrogens is 2.